The van der Waals surface area contributed by atoms with E-state index >= 15 is 0 Å². The van der Waals surface area contributed by atoms with Crippen molar-refractivity contribution < 1.29 is 5.11 Å². The minimum absolute atomic E-state index is 0.194. The third-order valence-corrected chi connectivity index (χ3v) is 6.54. The second kappa shape index (κ2) is 8.28. The molecule has 1 aliphatic rings. The highest BCUT2D eigenvalue weighted by atomic mass is 32.1. The van der Waals surface area contributed by atoms with Gasteiger partial charge in [-0.15, -0.1) is 11.3 Å². The molecular weight excluding hydrogens is 418 g/mol. The Hall–Kier alpha value is -3.97. The zero-order valence-corrected chi connectivity index (χ0v) is 18.0. The maximum atomic E-state index is 10.5. The summed E-state index contributed by atoms with van der Waals surface area (Å²) < 4.78 is 0. The van der Waals surface area contributed by atoms with E-state index in [0.717, 1.165) is 38.0 Å². The number of benzene rings is 1. The minimum Gasteiger partial charge on any atom is -0.508 e. The highest BCUT2D eigenvalue weighted by Gasteiger charge is 2.33. The molecule has 0 saturated carbocycles. The van der Waals surface area contributed by atoms with Crippen molar-refractivity contribution in [3.8, 4) is 16.3 Å². The Kier molecular flexibility index (Phi) is 5.17. The smallest absolute Gasteiger partial charge is 0.120 e. The van der Waals surface area contributed by atoms with Crippen LogP contribution in [-0.4, -0.2) is 25.8 Å². The van der Waals surface area contributed by atoms with Crippen molar-refractivity contribution in [1.29, 1.82) is 0 Å². The number of para-hydroxylation sites is 1. The number of phenols is 1. The molecule has 3 aromatic heterocycles. The number of thiophene rings is 1. The molecule has 6 nitrogen and oxygen atoms in total. The van der Waals surface area contributed by atoms with Crippen LogP contribution in [0.5, 0.6) is 5.75 Å². The van der Waals surface area contributed by atoms with Gasteiger partial charge in [0.1, 0.15) is 5.75 Å². The van der Waals surface area contributed by atoms with E-state index in [1.54, 1.807) is 36.0 Å². The summed E-state index contributed by atoms with van der Waals surface area (Å²) in [4.78, 5) is 10.7. The third-order valence-electron chi connectivity index (χ3n) is 5.38. The van der Waals surface area contributed by atoms with Gasteiger partial charge in [-0.25, -0.2) is 0 Å². The number of aromatic nitrogens is 2. The Bertz CT molecular complexity index is 1310. The first-order chi connectivity index (χ1) is 15.6. The molecule has 0 aliphatic carbocycles. The van der Waals surface area contributed by atoms with E-state index in [2.05, 4.69) is 16.5 Å². The van der Waals surface area contributed by atoms with Crippen LogP contribution in [0.3, 0.4) is 0 Å². The Balaban J connectivity index is 1.53. The Morgan fingerprint density at radius 1 is 1.09 bits per heavy atom. The molecule has 0 bridgehead atoms. The van der Waals surface area contributed by atoms with Gasteiger partial charge >= 0.3 is 0 Å². The van der Waals surface area contributed by atoms with E-state index in [-0.39, 0.29) is 11.8 Å². The molecule has 1 atom stereocenters. The average molecular weight is 440 g/mol. The van der Waals surface area contributed by atoms with Crippen LogP contribution in [0.2, 0.25) is 0 Å². The number of rotatable bonds is 5. The van der Waals surface area contributed by atoms with Gasteiger partial charge in [-0.2, -0.15) is 5.10 Å². The zero-order valence-electron chi connectivity index (χ0n) is 17.2. The predicted molar refractivity (Wildman–Crippen MR) is 129 cm³/mol. The van der Waals surface area contributed by atoms with Gasteiger partial charge in [-0.3, -0.25) is 15.0 Å². The van der Waals surface area contributed by atoms with Gasteiger partial charge in [0.2, 0.25) is 0 Å². The van der Waals surface area contributed by atoms with Gasteiger partial charge < -0.3 is 10.8 Å². The summed E-state index contributed by atoms with van der Waals surface area (Å²) in [6.07, 6.45) is 5.75. The summed E-state index contributed by atoms with van der Waals surface area (Å²) in [5, 5.41) is 17.3. The van der Waals surface area contributed by atoms with Crippen LogP contribution < -0.4 is 5.73 Å². The fraction of sp³-hybridized carbons (Fsp3) is 0.0800. The van der Waals surface area contributed by atoms with E-state index in [0.29, 0.717) is 12.1 Å². The molecule has 1 aliphatic heterocycles. The number of hydrogen-bond acceptors (Lipinski definition) is 7. The number of aromatic hydroxyl groups is 1. The Labute approximate surface area is 190 Å². The molecule has 0 spiro atoms. The molecule has 1 unspecified atom stereocenters. The average Bonchev–Trinajstić information content (AvgIpc) is 3.48. The highest BCUT2D eigenvalue weighted by molar-refractivity contribution is 7.16. The molecule has 3 N–H and O–H groups in total. The van der Waals surface area contributed by atoms with Crippen molar-refractivity contribution >= 4 is 28.4 Å². The standard InChI is InChI=1S/C25H21N5OS/c1-16(24-9-10-25(32-24)20-7-4-5-11-28-20)30-22(19-6-2-3-8-23(19)31)13-21(29-30)17-12-18(26)15-27-14-17/h2-12,14-15,22,31H,1,13,26H2. The number of nitrogens with zero attached hydrogens (tertiary/aromatic N) is 4. The van der Waals surface area contributed by atoms with Crippen molar-refractivity contribution in [2.75, 3.05) is 5.73 Å². The Morgan fingerprint density at radius 3 is 2.72 bits per heavy atom. The maximum Gasteiger partial charge on any atom is 0.120 e. The van der Waals surface area contributed by atoms with Crippen molar-refractivity contribution in [3.05, 3.63) is 102 Å². The molecule has 0 radical (unpaired) electrons. The van der Waals surface area contributed by atoms with E-state index in [9.17, 15) is 5.11 Å². The zero-order chi connectivity index (χ0) is 22.1. The second-order valence-corrected chi connectivity index (χ2v) is 8.59. The fourth-order valence-corrected chi connectivity index (χ4v) is 4.76. The SMILES string of the molecule is C=C(c1ccc(-c2ccccn2)s1)N1N=C(c2cncc(N)c2)CC1c1ccccc1O. The van der Waals surface area contributed by atoms with Crippen molar-refractivity contribution in [2.24, 2.45) is 5.10 Å². The number of nitrogens with two attached hydrogens (primary N) is 1. The van der Waals surface area contributed by atoms with Crippen LogP contribution >= 0.6 is 11.3 Å². The summed E-state index contributed by atoms with van der Waals surface area (Å²) in [5.41, 5.74) is 10.7. The lowest BCUT2D eigenvalue weighted by Crippen LogP contribution is -2.17. The number of nitrogen functional groups attached to an aromatic ring is 1. The van der Waals surface area contributed by atoms with E-state index in [4.69, 9.17) is 10.8 Å². The van der Waals surface area contributed by atoms with Gasteiger partial charge in [-0.1, -0.05) is 30.8 Å². The summed E-state index contributed by atoms with van der Waals surface area (Å²) >= 11 is 1.61. The van der Waals surface area contributed by atoms with Gasteiger partial charge in [0.15, 0.2) is 0 Å². The third kappa shape index (κ3) is 3.74. The summed E-state index contributed by atoms with van der Waals surface area (Å²) in [5.74, 6) is 0.234. The second-order valence-electron chi connectivity index (χ2n) is 7.50. The molecule has 158 valence electrons. The maximum absolute atomic E-state index is 10.5. The molecule has 0 amide bonds. The van der Waals surface area contributed by atoms with Gasteiger partial charge in [-0.05, 0) is 36.4 Å². The van der Waals surface area contributed by atoms with Crippen LogP contribution in [-0.2, 0) is 0 Å². The quantitative estimate of drug-likeness (QED) is 0.440. The first-order valence-corrected chi connectivity index (χ1v) is 11.0. The van der Waals surface area contributed by atoms with Gasteiger partial charge in [0.25, 0.3) is 0 Å². The molecule has 0 fully saturated rings. The number of hydrazone groups is 1. The number of pyridine rings is 2. The van der Waals surface area contributed by atoms with Crippen LogP contribution in [0.25, 0.3) is 16.3 Å². The molecule has 0 saturated heterocycles. The van der Waals surface area contributed by atoms with Crippen LogP contribution in [0.15, 0.2) is 90.9 Å². The van der Waals surface area contributed by atoms with Gasteiger partial charge in [0, 0.05) is 36.1 Å². The lowest BCUT2D eigenvalue weighted by molar-refractivity contribution is 0.338. The van der Waals surface area contributed by atoms with E-state index < -0.39 is 0 Å². The summed E-state index contributed by atoms with van der Waals surface area (Å²) in [7, 11) is 0. The van der Waals surface area contributed by atoms with Crippen LogP contribution in [0.1, 0.15) is 28.5 Å². The molecular formula is C25H21N5OS. The first kappa shape index (κ1) is 20.0. The number of phenolic OH excluding ortho intramolecular Hbond substituents is 1. The molecule has 7 heteroatoms. The lowest BCUT2D eigenvalue weighted by Gasteiger charge is -2.25. The molecule has 4 aromatic rings. The summed E-state index contributed by atoms with van der Waals surface area (Å²) in [6.45, 7) is 4.35. The number of anilines is 1. The number of hydrogen-bond donors (Lipinski definition) is 2. The minimum atomic E-state index is -0.194. The molecule has 32 heavy (non-hydrogen) atoms. The monoisotopic (exact) mass is 439 g/mol. The Morgan fingerprint density at radius 2 is 1.94 bits per heavy atom. The van der Waals surface area contributed by atoms with E-state index in [1.165, 1.54) is 0 Å². The highest BCUT2D eigenvalue weighted by Crippen LogP contribution is 2.42. The van der Waals surface area contributed by atoms with Crippen LogP contribution in [0, 0.1) is 0 Å². The van der Waals surface area contributed by atoms with Gasteiger partial charge in [0.05, 0.1) is 38.6 Å². The molecule has 5 rings (SSSR count). The normalized spacial score (nSPS) is 15.6. The molecule has 4 heterocycles. The van der Waals surface area contributed by atoms with E-state index in [1.807, 2.05) is 59.6 Å². The van der Waals surface area contributed by atoms with Crippen LogP contribution in [0.4, 0.5) is 5.69 Å². The van der Waals surface area contributed by atoms with Crippen molar-refractivity contribution in [2.45, 2.75) is 12.5 Å². The lowest BCUT2D eigenvalue weighted by atomic mass is 9.98. The first-order valence-electron chi connectivity index (χ1n) is 10.2. The fourth-order valence-electron chi connectivity index (χ4n) is 3.81. The van der Waals surface area contributed by atoms with Crippen molar-refractivity contribution in [1.82, 2.24) is 15.0 Å². The summed E-state index contributed by atoms with van der Waals surface area (Å²) in [6, 6.07) is 19.0. The van der Waals surface area contributed by atoms with Crippen molar-refractivity contribution in [3.63, 3.8) is 0 Å². The predicted octanol–water partition coefficient (Wildman–Crippen LogP) is 5.31. The molecule has 1 aromatic carbocycles. The largest absolute Gasteiger partial charge is 0.508 e. The topological polar surface area (TPSA) is 87.6 Å².